The van der Waals surface area contributed by atoms with E-state index in [-0.39, 0.29) is 0 Å². The summed E-state index contributed by atoms with van der Waals surface area (Å²) in [5.74, 6) is 0.405. The fourth-order valence-electron chi connectivity index (χ4n) is 1.97. The first-order valence-electron chi connectivity index (χ1n) is 5.46. The summed E-state index contributed by atoms with van der Waals surface area (Å²) >= 11 is 0. The van der Waals surface area contributed by atoms with Crippen molar-refractivity contribution >= 4 is 24.2 Å². The molecular weight excluding hydrogens is 230 g/mol. The van der Waals surface area contributed by atoms with E-state index in [9.17, 15) is 5.11 Å². The Balaban J connectivity index is 2.02. The Bertz CT molecular complexity index is 590. The number of aliphatic hydroxyl groups excluding tert-OH is 1. The van der Waals surface area contributed by atoms with Crippen LogP contribution in [0.1, 0.15) is 11.7 Å². The summed E-state index contributed by atoms with van der Waals surface area (Å²) in [4.78, 5) is 16.1. The Morgan fingerprint density at radius 3 is 2.67 bits per heavy atom. The Hall–Kier alpha value is -2.18. The molecule has 1 aromatic carbocycles. The highest BCUT2D eigenvalue weighted by atomic mass is 16.3. The van der Waals surface area contributed by atoms with Gasteiger partial charge in [-0.15, -0.1) is 0 Å². The number of amidine groups is 1. The number of rotatable bonds is 2. The highest BCUT2D eigenvalue weighted by Crippen LogP contribution is 2.29. The number of nitrogens with two attached hydrogens (primary N) is 1. The van der Waals surface area contributed by atoms with E-state index in [0.717, 1.165) is 0 Å². The zero-order valence-electron chi connectivity index (χ0n) is 9.43. The zero-order chi connectivity index (χ0) is 12.6. The normalized spacial score (nSPS) is 26.6. The number of hydrogen-bond acceptors (Lipinski definition) is 6. The SMILES string of the molecule is NC1(C(O)c2ccccc2)N=CN=C2N=CN=C21. The molecule has 0 amide bonds. The molecular formula is C12H11N5O. The van der Waals surface area contributed by atoms with Gasteiger partial charge in [-0.1, -0.05) is 30.3 Å². The van der Waals surface area contributed by atoms with Gasteiger partial charge in [0.05, 0.1) is 0 Å². The van der Waals surface area contributed by atoms with E-state index in [0.29, 0.717) is 17.1 Å². The van der Waals surface area contributed by atoms with Crippen molar-refractivity contribution in [3.8, 4) is 0 Å². The van der Waals surface area contributed by atoms with Crippen LogP contribution in [0.3, 0.4) is 0 Å². The topological polar surface area (TPSA) is 95.7 Å². The van der Waals surface area contributed by atoms with Gasteiger partial charge in [0.15, 0.2) is 11.5 Å². The third-order valence-electron chi connectivity index (χ3n) is 2.94. The number of aliphatic hydroxyl groups is 1. The predicted molar refractivity (Wildman–Crippen MR) is 70.2 cm³/mol. The van der Waals surface area contributed by atoms with Gasteiger partial charge in [0, 0.05) is 0 Å². The molecule has 0 spiro atoms. The lowest BCUT2D eigenvalue weighted by Gasteiger charge is -2.31. The van der Waals surface area contributed by atoms with Gasteiger partial charge in [0.25, 0.3) is 0 Å². The second-order valence-corrected chi connectivity index (χ2v) is 4.06. The number of nitrogens with zero attached hydrogens (tertiary/aromatic N) is 4. The fourth-order valence-corrected chi connectivity index (χ4v) is 1.97. The first kappa shape index (κ1) is 10.9. The molecule has 2 atom stereocenters. The molecule has 0 radical (unpaired) electrons. The van der Waals surface area contributed by atoms with E-state index < -0.39 is 11.8 Å². The minimum absolute atomic E-state index is 0.390. The van der Waals surface area contributed by atoms with Crippen molar-refractivity contribution in [2.24, 2.45) is 25.7 Å². The minimum atomic E-state index is -1.34. The molecule has 90 valence electrons. The maximum absolute atomic E-state index is 10.4. The molecule has 18 heavy (non-hydrogen) atoms. The van der Waals surface area contributed by atoms with Gasteiger partial charge in [0.1, 0.15) is 24.5 Å². The number of hydrogen-bond donors (Lipinski definition) is 2. The van der Waals surface area contributed by atoms with Crippen LogP contribution in [0.2, 0.25) is 0 Å². The van der Waals surface area contributed by atoms with E-state index in [2.05, 4.69) is 20.0 Å². The summed E-state index contributed by atoms with van der Waals surface area (Å²) in [5.41, 5.74) is 5.91. The van der Waals surface area contributed by atoms with E-state index in [1.54, 1.807) is 12.1 Å². The smallest absolute Gasteiger partial charge is 0.186 e. The molecule has 2 aliphatic heterocycles. The standard InChI is InChI=1S/C12H11N5O/c13-12(10(18)8-4-2-1-3-5-8)9-11(15-6-14-9)16-7-17-12/h1-7,10,18H,13H2. The quantitative estimate of drug-likeness (QED) is 0.778. The van der Waals surface area contributed by atoms with Crippen LogP contribution in [0.5, 0.6) is 0 Å². The van der Waals surface area contributed by atoms with Crippen LogP contribution in [0.4, 0.5) is 0 Å². The van der Waals surface area contributed by atoms with Gasteiger partial charge in [-0.3, -0.25) is 5.73 Å². The van der Waals surface area contributed by atoms with E-state index >= 15 is 0 Å². The Labute approximate surface area is 103 Å². The maximum atomic E-state index is 10.4. The first-order valence-corrected chi connectivity index (χ1v) is 5.46. The molecule has 1 aromatic rings. The van der Waals surface area contributed by atoms with E-state index in [1.807, 2.05) is 18.2 Å². The third kappa shape index (κ3) is 1.51. The highest BCUT2D eigenvalue weighted by molar-refractivity contribution is 6.50. The largest absolute Gasteiger partial charge is 0.384 e. The highest BCUT2D eigenvalue weighted by Gasteiger charge is 2.44. The molecule has 6 nitrogen and oxygen atoms in total. The Kier molecular flexibility index (Phi) is 2.39. The summed E-state index contributed by atoms with van der Waals surface area (Å²) in [7, 11) is 0. The van der Waals surface area contributed by atoms with Crippen LogP contribution < -0.4 is 5.73 Å². The second kappa shape index (κ2) is 3.94. The van der Waals surface area contributed by atoms with E-state index in [1.165, 1.54) is 12.7 Å². The maximum Gasteiger partial charge on any atom is 0.186 e. The minimum Gasteiger partial charge on any atom is -0.384 e. The summed E-state index contributed by atoms with van der Waals surface area (Å²) < 4.78 is 0. The van der Waals surface area contributed by atoms with Crippen molar-refractivity contribution < 1.29 is 5.11 Å². The van der Waals surface area contributed by atoms with Crippen molar-refractivity contribution in [3.63, 3.8) is 0 Å². The Morgan fingerprint density at radius 2 is 1.89 bits per heavy atom. The third-order valence-corrected chi connectivity index (χ3v) is 2.94. The van der Waals surface area contributed by atoms with Crippen LogP contribution in [0.25, 0.3) is 0 Å². The van der Waals surface area contributed by atoms with Crippen LogP contribution in [0.15, 0.2) is 50.3 Å². The van der Waals surface area contributed by atoms with Crippen LogP contribution >= 0.6 is 0 Å². The van der Waals surface area contributed by atoms with Crippen LogP contribution in [-0.2, 0) is 0 Å². The van der Waals surface area contributed by atoms with Crippen LogP contribution in [-0.4, -0.2) is 35.0 Å². The Morgan fingerprint density at radius 1 is 1.11 bits per heavy atom. The molecule has 0 aliphatic carbocycles. The summed E-state index contributed by atoms with van der Waals surface area (Å²) in [6.07, 6.45) is 1.67. The molecule has 0 bridgehead atoms. The lowest BCUT2D eigenvalue weighted by molar-refractivity contribution is 0.125. The van der Waals surface area contributed by atoms with Crippen LogP contribution in [0, 0.1) is 0 Å². The molecule has 0 saturated heterocycles. The van der Waals surface area contributed by atoms with Gasteiger partial charge < -0.3 is 5.11 Å². The van der Waals surface area contributed by atoms with Crippen molar-refractivity contribution in [2.75, 3.05) is 0 Å². The lowest BCUT2D eigenvalue weighted by atomic mass is 9.91. The lowest BCUT2D eigenvalue weighted by Crippen LogP contribution is -2.54. The second-order valence-electron chi connectivity index (χ2n) is 4.06. The molecule has 0 fully saturated rings. The van der Waals surface area contributed by atoms with Gasteiger partial charge in [-0.25, -0.2) is 20.0 Å². The first-order chi connectivity index (χ1) is 8.72. The van der Waals surface area contributed by atoms with Gasteiger partial charge in [0.2, 0.25) is 0 Å². The molecule has 3 N–H and O–H groups in total. The molecule has 0 aromatic heterocycles. The summed E-state index contributed by atoms with van der Waals surface area (Å²) in [6, 6.07) is 9.10. The number of aliphatic imine (C=N–C) groups is 4. The molecule has 2 unspecified atom stereocenters. The van der Waals surface area contributed by atoms with Gasteiger partial charge in [-0.2, -0.15) is 0 Å². The molecule has 2 aliphatic rings. The number of fused-ring (bicyclic) bond motifs is 1. The van der Waals surface area contributed by atoms with Gasteiger partial charge >= 0.3 is 0 Å². The summed E-state index contributed by atoms with van der Waals surface area (Å²) in [6.45, 7) is 0. The monoisotopic (exact) mass is 241 g/mol. The molecule has 6 heteroatoms. The fraction of sp³-hybridized carbons (Fsp3) is 0.167. The van der Waals surface area contributed by atoms with Gasteiger partial charge in [-0.05, 0) is 5.56 Å². The van der Waals surface area contributed by atoms with Crippen molar-refractivity contribution in [1.29, 1.82) is 0 Å². The predicted octanol–water partition coefficient (Wildman–Crippen LogP) is 0.298. The summed E-state index contributed by atoms with van der Waals surface area (Å²) in [5, 5.41) is 10.4. The molecule has 3 rings (SSSR count). The van der Waals surface area contributed by atoms with Crippen molar-refractivity contribution in [1.82, 2.24) is 0 Å². The number of benzene rings is 1. The zero-order valence-corrected chi connectivity index (χ0v) is 9.43. The van der Waals surface area contributed by atoms with Crippen molar-refractivity contribution in [3.05, 3.63) is 35.9 Å². The van der Waals surface area contributed by atoms with E-state index in [4.69, 9.17) is 5.73 Å². The molecule has 0 saturated carbocycles. The average molecular weight is 241 g/mol. The van der Waals surface area contributed by atoms with Crippen molar-refractivity contribution in [2.45, 2.75) is 11.8 Å². The molecule has 2 heterocycles. The average Bonchev–Trinajstić information content (AvgIpc) is 2.89.